The summed E-state index contributed by atoms with van der Waals surface area (Å²) in [5, 5.41) is 17.8. The number of nitrogens with one attached hydrogen (secondary N) is 1. The smallest absolute Gasteiger partial charge is 0.324 e. The van der Waals surface area contributed by atoms with Crippen molar-refractivity contribution in [2.24, 2.45) is 0 Å². The summed E-state index contributed by atoms with van der Waals surface area (Å²) in [4.78, 5) is 10.5. The topological polar surface area (TPSA) is 104 Å². The number of aliphatic hydroxyl groups is 1. The Morgan fingerprint density at radius 1 is 1.50 bits per heavy atom. The minimum Gasteiger partial charge on any atom is -0.480 e. The first kappa shape index (κ1) is 15.4. The van der Waals surface area contributed by atoms with Gasteiger partial charge in [-0.1, -0.05) is 11.6 Å². The van der Waals surface area contributed by atoms with Crippen molar-refractivity contribution in [3.05, 3.63) is 27.7 Å². The van der Waals surface area contributed by atoms with Gasteiger partial charge in [0.1, 0.15) is 6.04 Å². The first-order valence-corrected chi connectivity index (χ1v) is 7.24. The van der Waals surface area contributed by atoms with Gasteiger partial charge in [0.05, 0.1) is 16.5 Å². The second kappa shape index (κ2) is 5.98. The number of carboxylic acid groups (broad SMARTS) is 1. The number of sulfonamides is 1. The van der Waals surface area contributed by atoms with E-state index in [0.29, 0.717) is 9.50 Å². The predicted octanol–water partition coefficient (Wildman–Crippen LogP) is 0.826. The van der Waals surface area contributed by atoms with E-state index in [0.717, 1.165) is 0 Å². The molecule has 0 fully saturated rings. The Morgan fingerprint density at radius 2 is 2.11 bits per heavy atom. The number of carboxylic acids is 1. The molecule has 0 saturated heterocycles. The standard InChI is InChI=1S/C9H9BrClNO5S/c10-6-3-5(1-2-7(6)11)18(16,17)12-8(4-13)9(14)15/h1-3,8,12-13H,4H2,(H,14,15). The molecule has 1 aromatic rings. The van der Waals surface area contributed by atoms with Crippen LogP contribution in [0.4, 0.5) is 0 Å². The van der Waals surface area contributed by atoms with Crippen molar-refractivity contribution < 1.29 is 23.4 Å². The minimum absolute atomic E-state index is 0.154. The number of carbonyl (C=O) groups is 1. The van der Waals surface area contributed by atoms with Crippen LogP contribution in [0.5, 0.6) is 0 Å². The zero-order valence-electron chi connectivity index (χ0n) is 8.80. The number of benzene rings is 1. The molecule has 0 bridgehead atoms. The number of hydrogen-bond acceptors (Lipinski definition) is 4. The molecule has 9 heteroatoms. The van der Waals surface area contributed by atoms with E-state index in [-0.39, 0.29) is 4.90 Å². The van der Waals surface area contributed by atoms with Crippen LogP contribution in [0.1, 0.15) is 0 Å². The molecule has 6 nitrogen and oxygen atoms in total. The van der Waals surface area contributed by atoms with Crippen molar-refractivity contribution in [3.63, 3.8) is 0 Å². The Kier molecular flexibility index (Phi) is 5.11. The average Bonchev–Trinajstić information content (AvgIpc) is 2.29. The molecular weight excluding hydrogens is 350 g/mol. The van der Waals surface area contributed by atoms with Crippen LogP contribution in [0.2, 0.25) is 5.02 Å². The van der Waals surface area contributed by atoms with Gasteiger partial charge >= 0.3 is 5.97 Å². The summed E-state index contributed by atoms with van der Waals surface area (Å²) >= 11 is 8.78. The van der Waals surface area contributed by atoms with Gasteiger partial charge in [0, 0.05) is 4.47 Å². The molecule has 0 spiro atoms. The van der Waals surface area contributed by atoms with Gasteiger partial charge in [-0.05, 0) is 34.1 Å². The maximum Gasteiger partial charge on any atom is 0.324 e. The average molecular weight is 359 g/mol. The van der Waals surface area contributed by atoms with Crippen molar-refractivity contribution in [1.29, 1.82) is 0 Å². The molecule has 0 radical (unpaired) electrons. The summed E-state index contributed by atoms with van der Waals surface area (Å²) in [7, 11) is -4.04. The van der Waals surface area contributed by atoms with Gasteiger partial charge in [-0.15, -0.1) is 0 Å². The van der Waals surface area contributed by atoms with Gasteiger partial charge in [-0.25, -0.2) is 8.42 Å². The molecule has 0 saturated carbocycles. The lowest BCUT2D eigenvalue weighted by Gasteiger charge is -2.12. The third kappa shape index (κ3) is 3.66. The molecule has 3 N–H and O–H groups in total. The fraction of sp³-hybridized carbons (Fsp3) is 0.222. The second-order valence-electron chi connectivity index (χ2n) is 3.27. The summed E-state index contributed by atoms with van der Waals surface area (Å²) in [5.41, 5.74) is 0. The van der Waals surface area contributed by atoms with E-state index in [2.05, 4.69) is 15.9 Å². The molecule has 1 atom stereocenters. The van der Waals surface area contributed by atoms with Crippen LogP contribution in [0.3, 0.4) is 0 Å². The molecule has 1 aromatic carbocycles. The van der Waals surface area contributed by atoms with Crippen LogP contribution in [-0.4, -0.2) is 37.2 Å². The quantitative estimate of drug-likeness (QED) is 0.723. The summed E-state index contributed by atoms with van der Waals surface area (Å²) in [6.07, 6.45) is 0. The lowest BCUT2D eigenvalue weighted by molar-refractivity contribution is -0.139. The molecule has 1 rings (SSSR count). The Bertz CT molecular complexity index is 562. The molecule has 18 heavy (non-hydrogen) atoms. The molecule has 0 aliphatic carbocycles. The monoisotopic (exact) mass is 357 g/mol. The second-order valence-corrected chi connectivity index (χ2v) is 6.25. The molecule has 0 heterocycles. The van der Waals surface area contributed by atoms with Crippen molar-refractivity contribution in [3.8, 4) is 0 Å². The van der Waals surface area contributed by atoms with E-state index in [1.807, 2.05) is 4.72 Å². The third-order valence-corrected chi connectivity index (χ3v) is 4.66. The first-order valence-electron chi connectivity index (χ1n) is 4.59. The Hall–Kier alpha value is -0.670. The maximum atomic E-state index is 11.8. The number of halogens is 2. The van der Waals surface area contributed by atoms with E-state index in [4.69, 9.17) is 21.8 Å². The van der Waals surface area contributed by atoms with Gasteiger partial charge in [0.15, 0.2) is 0 Å². The molecular formula is C9H9BrClNO5S. The lowest BCUT2D eigenvalue weighted by atomic mass is 10.3. The van der Waals surface area contributed by atoms with E-state index in [1.54, 1.807) is 0 Å². The third-order valence-electron chi connectivity index (χ3n) is 1.98. The normalized spacial score (nSPS) is 13.3. The van der Waals surface area contributed by atoms with Crippen LogP contribution in [-0.2, 0) is 14.8 Å². The van der Waals surface area contributed by atoms with Crippen LogP contribution in [0.25, 0.3) is 0 Å². The number of hydrogen-bond donors (Lipinski definition) is 3. The highest BCUT2D eigenvalue weighted by atomic mass is 79.9. The van der Waals surface area contributed by atoms with Crippen LogP contribution in [0.15, 0.2) is 27.6 Å². The Labute approximate surface area is 117 Å². The minimum atomic E-state index is -4.04. The van der Waals surface area contributed by atoms with Crippen LogP contribution < -0.4 is 4.72 Å². The van der Waals surface area contributed by atoms with Crippen LogP contribution in [0, 0.1) is 0 Å². The van der Waals surface area contributed by atoms with E-state index >= 15 is 0 Å². The summed E-state index contributed by atoms with van der Waals surface area (Å²) < 4.78 is 25.9. The van der Waals surface area contributed by atoms with Gasteiger partial charge in [0.25, 0.3) is 0 Å². The summed E-state index contributed by atoms with van der Waals surface area (Å²) in [5.74, 6) is -1.46. The fourth-order valence-electron chi connectivity index (χ4n) is 1.07. The zero-order valence-corrected chi connectivity index (χ0v) is 12.0. The van der Waals surface area contributed by atoms with E-state index in [9.17, 15) is 13.2 Å². The maximum absolute atomic E-state index is 11.8. The number of aliphatic hydroxyl groups excluding tert-OH is 1. The number of aliphatic carboxylic acids is 1. The molecule has 0 amide bonds. The van der Waals surface area contributed by atoms with Crippen LogP contribution >= 0.6 is 27.5 Å². The lowest BCUT2D eigenvalue weighted by Crippen LogP contribution is -2.43. The molecule has 0 aliphatic heterocycles. The highest BCUT2D eigenvalue weighted by Crippen LogP contribution is 2.25. The van der Waals surface area contributed by atoms with Gasteiger partial charge in [-0.3, -0.25) is 4.79 Å². The Balaban J connectivity index is 3.06. The number of rotatable bonds is 5. The van der Waals surface area contributed by atoms with Gasteiger partial charge < -0.3 is 10.2 Å². The Morgan fingerprint density at radius 3 is 2.56 bits per heavy atom. The van der Waals surface area contributed by atoms with Crippen molar-refractivity contribution >= 4 is 43.5 Å². The molecule has 1 unspecified atom stereocenters. The largest absolute Gasteiger partial charge is 0.480 e. The van der Waals surface area contributed by atoms with Gasteiger partial charge in [-0.2, -0.15) is 4.72 Å². The SMILES string of the molecule is O=C(O)C(CO)NS(=O)(=O)c1ccc(Cl)c(Br)c1. The van der Waals surface area contributed by atoms with Gasteiger partial charge in [0.2, 0.25) is 10.0 Å². The summed E-state index contributed by atoms with van der Waals surface area (Å²) in [6, 6.07) is 2.23. The van der Waals surface area contributed by atoms with E-state index in [1.165, 1.54) is 18.2 Å². The predicted molar refractivity (Wildman–Crippen MR) is 68.0 cm³/mol. The van der Waals surface area contributed by atoms with Crippen molar-refractivity contribution in [2.75, 3.05) is 6.61 Å². The highest BCUT2D eigenvalue weighted by molar-refractivity contribution is 9.10. The summed E-state index contributed by atoms with van der Waals surface area (Å²) in [6.45, 7) is -0.844. The van der Waals surface area contributed by atoms with Crippen molar-refractivity contribution in [1.82, 2.24) is 4.72 Å². The molecule has 0 aromatic heterocycles. The molecule has 0 aliphatic rings. The zero-order chi connectivity index (χ0) is 13.9. The molecule has 100 valence electrons. The first-order chi connectivity index (χ1) is 8.27. The van der Waals surface area contributed by atoms with Crippen molar-refractivity contribution in [2.45, 2.75) is 10.9 Å². The fourth-order valence-corrected chi connectivity index (χ4v) is 2.92. The van der Waals surface area contributed by atoms with E-state index < -0.39 is 28.6 Å². The highest BCUT2D eigenvalue weighted by Gasteiger charge is 2.24.